The molecular formula is C12H13Cl2NO2. The molecule has 0 amide bonds. The molecule has 1 saturated heterocycles. The highest BCUT2D eigenvalue weighted by atomic mass is 35.5. The van der Waals surface area contributed by atoms with Crippen molar-refractivity contribution >= 4 is 29.2 Å². The van der Waals surface area contributed by atoms with Crippen LogP contribution in [-0.2, 0) is 9.53 Å². The van der Waals surface area contributed by atoms with Crippen LogP contribution in [0.5, 0.6) is 0 Å². The Balaban J connectivity index is 2.29. The van der Waals surface area contributed by atoms with E-state index in [9.17, 15) is 4.79 Å². The van der Waals surface area contributed by atoms with E-state index in [1.807, 2.05) is 6.07 Å². The zero-order valence-corrected chi connectivity index (χ0v) is 10.9. The van der Waals surface area contributed by atoms with E-state index in [0.29, 0.717) is 10.0 Å². The van der Waals surface area contributed by atoms with Gasteiger partial charge in [0.25, 0.3) is 0 Å². The SMILES string of the molecule is COC(=O)C1CCNC1c1ccc(Cl)cc1Cl. The number of esters is 1. The third kappa shape index (κ3) is 2.57. The minimum absolute atomic E-state index is 0.0905. The molecule has 0 radical (unpaired) electrons. The average molecular weight is 274 g/mol. The summed E-state index contributed by atoms with van der Waals surface area (Å²) in [5.41, 5.74) is 0.893. The fraction of sp³-hybridized carbons (Fsp3) is 0.417. The van der Waals surface area contributed by atoms with Gasteiger partial charge in [-0.3, -0.25) is 4.79 Å². The van der Waals surface area contributed by atoms with Crippen molar-refractivity contribution < 1.29 is 9.53 Å². The van der Waals surface area contributed by atoms with E-state index in [2.05, 4.69) is 5.32 Å². The number of hydrogen-bond acceptors (Lipinski definition) is 3. The summed E-state index contributed by atoms with van der Waals surface area (Å²) in [5, 5.41) is 4.43. The predicted octanol–water partition coefficient (Wildman–Crippen LogP) is 2.82. The molecule has 5 heteroatoms. The highest BCUT2D eigenvalue weighted by molar-refractivity contribution is 6.35. The summed E-state index contributed by atoms with van der Waals surface area (Å²) in [6, 6.07) is 5.22. The van der Waals surface area contributed by atoms with Crippen LogP contribution in [0.15, 0.2) is 18.2 Å². The van der Waals surface area contributed by atoms with Gasteiger partial charge < -0.3 is 10.1 Å². The summed E-state index contributed by atoms with van der Waals surface area (Å²) >= 11 is 12.0. The Morgan fingerprint density at radius 3 is 2.88 bits per heavy atom. The topological polar surface area (TPSA) is 38.3 Å². The van der Waals surface area contributed by atoms with Gasteiger partial charge in [0.05, 0.1) is 13.0 Å². The fourth-order valence-corrected chi connectivity index (χ4v) is 2.72. The lowest BCUT2D eigenvalue weighted by Gasteiger charge is -2.19. The Labute approximate surface area is 110 Å². The molecule has 1 N–H and O–H groups in total. The summed E-state index contributed by atoms with van der Waals surface area (Å²) in [5.74, 6) is -0.385. The third-order valence-corrected chi connectivity index (χ3v) is 3.59. The first kappa shape index (κ1) is 12.7. The van der Waals surface area contributed by atoms with E-state index >= 15 is 0 Å². The lowest BCUT2D eigenvalue weighted by Crippen LogP contribution is -2.24. The van der Waals surface area contributed by atoms with Gasteiger partial charge in [-0.05, 0) is 30.7 Å². The Bertz CT molecular complexity index is 437. The van der Waals surface area contributed by atoms with Crippen molar-refractivity contribution in [2.24, 2.45) is 5.92 Å². The minimum Gasteiger partial charge on any atom is -0.469 e. The molecule has 1 aromatic rings. The van der Waals surface area contributed by atoms with Crippen LogP contribution in [0.3, 0.4) is 0 Å². The van der Waals surface area contributed by atoms with Crippen molar-refractivity contribution in [1.29, 1.82) is 0 Å². The van der Waals surface area contributed by atoms with E-state index in [4.69, 9.17) is 27.9 Å². The molecule has 1 aliphatic heterocycles. The summed E-state index contributed by atoms with van der Waals surface area (Å²) in [6.07, 6.45) is 0.760. The molecule has 17 heavy (non-hydrogen) atoms. The quantitative estimate of drug-likeness (QED) is 0.843. The molecule has 0 spiro atoms. The number of halogens is 2. The maximum absolute atomic E-state index is 11.6. The third-order valence-electron chi connectivity index (χ3n) is 3.02. The minimum atomic E-state index is -0.203. The van der Waals surface area contributed by atoms with Gasteiger partial charge in [0.1, 0.15) is 0 Å². The second-order valence-corrected chi connectivity index (χ2v) is 4.86. The molecule has 0 aliphatic carbocycles. The zero-order valence-electron chi connectivity index (χ0n) is 9.37. The molecule has 1 fully saturated rings. The average Bonchev–Trinajstić information content (AvgIpc) is 2.77. The fourth-order valence-electron chi connectivity index (χ4n) is 2.19. The molecule has 1 aromatic carbocycles. The van der Waals surface area contributed by atoms with Gasteiger partial charge in [0, 0.05) is 16.1 Å². The first-order valence-electron chi connectivity index (χ1n) is 5.39. The first-order chi connectivity index (χ1) is 8.13. The molecule has 1 aliphatic rings. The highest BCUT2D eigenvalue weighted by Gasteiger charge is 2.35. The van der Waals surface area contributed by atoms with E-state index < -0.39 is 0 Å². The summed E-state index contributed by atoms with van der Waals surface area (Å²) in [6.45, 7) is 0.781. The maximum Gasteiger partial charge on any atom is 0.310 e. The maximum atomic E-state index is 11.6. The number of ether oxygens (including phenoxy) is 1. The molecule has 2 unspecified atom stereocenters. The molecule has 3 nitrogen and oxygen atoms in total. The Hall–Kier alpha value is -0.770. The number of carbonyl (C=O) groups excluding carboxylic acids is 1. The van der Waals surface area contributed by atoms with Crippen LogP contribution < -0.4 is 5.32 Å². The van der Waals surface area contributed by atoms with E-state index in [1.165, 1.54) is 7.11 Å². The van der Waals surface area contributed by atoms with Gasteiger partial charge in [-0.15, -0.1) is 0 Å². The smallest absolute Gasteiger partial charge is 0.310 e. The predicted molar refractivity (Wildman–Crippen MR) is 67.3 cm³/mol. The molecule has 92 valence electrons. The molecule has 0 bridgehead atoms. The summed E-state index contributed by atoms with van der Waals surface area (Å²) < 4.78 is 4.80. The van der Waals surface area contributed by atoms with Crippen molar-refractivity contribution in [2.45, 2.75) is 12.5 Å². The zero-order chi connectivity index (χ0) is 12.4. The second-order valence-electron chi connectivity index (χ2n) is 4.02. The lowest BCUT2D eigenvalue weighted by atomic mass is 9.94. The molecule has 0 saturated carbocycles. The van der Waals surface area contributed by atoms with Crippen LogP contribution in [0, 0.1) is 5.92 Å². The van der Waals surface area contributed by atoms with Crippen LogP contribution in [0.1, 0.15) is 18.0 Å². The Kier molecular flexibility index (Phi) is 3.92. The van der Waals surface area contributed by atoms with Crippen LogP contribution in [0.4, 0.5) is 0 Å². The van der Waals surface area contributed by atoms with Crippen molar-refractivity contribution in [3.63, 3.8) is 0 Å². The summed E-state index contributed by atoms with van der Waals surface area (Å²) in [7, 11) is 1.40. The standard InChI is InChI=1S/C12H13Cl2NO2/c1-17-12(16)9-4-5-15-11(9)8-3-2-7(13)6-10(8)14/h2-3,6,9,11,15H,4-5H2,1H3. The molecule has 1 heterocycles. The largest absolute Gasteiger partial charge is 0.469 e. The number of benzene rings is 1. The number of rotatable bonds is 2. The van der Waals surface area contributed by atoms with Gasteiger partial charge in [-0.2, -0.15) is 0 Å². The second kappa shape index (κ2) is 5.25. The van der Waals surface area contributed by atoms with Crippen LogP contribution in [0.25, 0.3) is 0 Å². The van der Waals surface area contributed by atoms with E-state index in [-0.39, 0.29) is 17.9 Å². The number of hydrogen-bond donors (Lipinski definition) is 1. The van der Waals surface area contributed by atoms with Gasteiger partial charge >= 0.3 is 5.97 Å². The number of nitrogens with one attached hydrogen (secondary N) is 1. The normalized spacial score (nSPS) is 23.7. The van der Waals surface area contributed by atoms with E-state index in [1.54, 1.807) is 12.1 Å². The first-order valence-corrected chi connectivity index (χ1v) is 6.15. The van der Waals surface area contributed by atoms with Crippen molar-refractivity contribution in [3.8, 4) is 0 Å². The van der Waals surface area contributed by atoms with Crippen LogP contribution in [-0.4, -0.2) is 19.6 Å². The van der Waals surface area contributed by atoms with Crippen molar-refractivity contribution in [3.05, 3.63) is 33.8 Å². The Morgan fingerprint density at radius 2 is 2.24 bits per heavy atom. The molecule has 2 rings (SSSR count). The van der Waals surface area contributed by atoms with E-state index in [0.717, 1.165) is 18.5 Å². The van der Waals surface area contributed by atoms with Crippen molar-refractivity contribution in [2.75, 3.05) is 13.7 Å². The lowest BCUT2D eigenvalue weighted by molar-refractivity contribution is -0.145. The molecule has 0 aromatic heterocycles. The van der Waals surface area contributed by atoms with Crippen molar-refractivity contribution in [1.82, 2.24) is 5.32 Å². The Morgan fingerprint density at radius 1 is 1.47 bits per heavy atom. The summed E-state index contributed by atoms with van der Waals surface area (Å²) in [4.78, 5) is 11.6. The monoisotopic (exact) mass is 273 g/mol. The van der Waals surface area contributed by atoms with Gasteiger partial charge in [0.2, 0.25) is 0 Å². The van der Waals surface area contributed by atoms with Crippen LogP contribution in [0.2, 0.25) is 10.0 Å². The van der Waals surface area contributed by atoms with Gasteiger partial charge in [-0.1, -0.05) is 29.3 Å². The molecule has 2 atom stereocenters. The van der Waals surface area contributed by atoms with Gasteiger partial charge in [-0.25, -0.2) is 0 Å². The van der Waals surface area contributed by atoms with Crippen LogP contribution >= 0.6 is 23.2 Å². The van der Waals surface area contributed by atoms with Gasteiger partial charge in [0.15, 0.2) is 0 Å². The highest BCUT2D eigenvalue weighted by Crippen LogP contribution is 2.35. The number of carbonyl (C=O) groups is 1. The number of methoxy groups -OCH3 is 1. The molecular weight excluding hydrogens is 261 g/mol.